The Hall–Kier alpha value is -1.29. The second-order valence-electron chi connectivity index (χ2n) is 3.95. The van der Waals surface area contributed by atoms with Gasteiger partial charge in [0.15, 0.2) is 5.76 Å². The highest BCUT2D eigenvalue weighted by atomic mass is 16.3. The predicted octanol–water partition coefficient (Wildman–Crippen LogP) is 1.07. The van der Waals surface area contributed by atoms with Crippen LogP contribution in [0.3, 0.4) is 0 Å². The molecule has 4 nitrogen and oxygen atoms in total. The number of hydrogen-bond acceptors (Lipinski definition) is 3. The number of piperidine rings is 1. The van der Waals surface area contributed by atoms with Crippen LogP contribution in [0.1, 0.15) is 29.0 Å². The van der Waals surface area contributed by atoms with E-state index in [0.29, 0.717) is 5.76 Å². The summed E-state index contributed by atoms with van der Waals surface area (Å²) >= 11 is 0. The van der Waals surface area contributed by atoms with E-state index >= 15 is 0 Å². The highest BCUT2D eigenvalue weighted by Gasteiger charge is 2.18. The molecule has 2 N–H and O–H groups in total. The van der Waals surface area contributed by atoms with Crippen LogP contribution in [-0.2, 0) is 0 Å². The van der Waals surface area contributed by atoms with Crippen molar-refractivity contribution < 1.29 is 9.21 Å². The van der Waals surface area contributed by atoms with E-state index in [1.807, 2.05) is 6.92 Å². The second kappa shape index (κ2) is 4.49. The summed E-state index contributed by atoms with van der Waals surface area (Å²) in [4.78, 5) is 11.8. The third-order valence-electron chi connectivity index (χ3n) is 2.70. The zero-order chi connectivity index (χ0) is 10.7. The third-order valence-corrected chi connectivity index (χ3v) is 2.70. The molecule has 1 saturated heterocycles. The molecule has 1 aromatic rings. The maximum absolute atomic E-state index is 11.8. The molecular formula is C11H16N2O2. The number of nitrogens with one attached hydrogen (secondary N) is 2. The van der Waals surface area contributed by atoms with Gasteiger partial charge < -0.3 is 15.1 Å². The number of amides is 1. The molecule has 0 aliphatic carbocycles. The molecule has 1 aliphatic rings. The Morgan fingerprint density at radius 2 is 2.53 bits per heavy atom. The molecular weight excluding hydrogens is 192 g/mol. The molecule has 4 heteroatoms. The lowest BCUT2D eigenvalue weighted by atomic mass is 10.1. The lowest BCUT2D eigenvalue weighted by Crippen LogP contribution is -2.45. The number of furan rings is 1. The zero-order valence-electron chi connectivity index (χ0n) is 8.88. The van der Waals surface area contributed by atoms with Crippen LogP contribution in [0, 0.1) is 6.92 Å². The molecule has 1 atom stereocenters. The second-order valence-corrected chi connectivity index (χ2v) is 3.95. The molecule has 15 heavy (non-hydrogen) atoms. The molecule has 0 unspecified atom stereocenters. The third kappa shape index (κ3) is 2.39. The van der Waals surface area contributed by atoms with Gasteiger partial charge in [-0.05, 0) is 32.4 Å². The standard InChI is InChI=1S/C11H16N2O2/c1-8-4-6-15-10(8)11(14)13-9-3-2-5-12-7-9/h4,6,9,12H,2-3,5,7H2,1H3,(H,13,14)/t9-/m1/s1. The molecule has 1 aliphatic heterocycles. The molecule has 2 heterocycles. The summed E-state index contributed by atoms with van der Waals surface area (Å²) in [6.45, 7) is 3.77. The van der Waals surface area contributed by atoms with Crippen molar-refractivity contribution in [2.75, 3.05) is 13.1 Å². The van der Waals surface area contributed by atoms with Crippen molar-refractivity contribution in [3.05, 3.63) is 23.7 Å². The summed E-state index contributed by atoms with van der Waals surface area (Å²) in [6.07, 6.45) is 3.70. The van der Waals surface area contributed by atoms with Crippen LogP contribution >= 0.6 is 0 Å². The highest BCUT2D eigenvalue weighted by Crippen LogP contribution is 2.09. The first-order valence-corrected chi connectivity index (χ1v) is 5.33. The Morgan fingerprint density at radius 1 is 1.67 bits per heavy atom. The Balaban J connectivity index is 1.94. The average Bonchev–Trinajstić information content (AvgIpc) is 2.66. The molecule has 0 bridgehead atoms. The quantitative estimate of drug-likeness (QED) is 0.764. The predicted molar refractivity (Wildman–Crippen MR) is 56.8 cm³/mol. The molecule has 1 aromatic heterocycles. The minimum atomic E-state index is -0.105. The summed E-state index contributed by atoms with van der Waals surface area (Å²) in [5, 5.41) is 6.22. The van der Waals surface area contributed by atoms with Gasteiger partial charge in [-0.3, -0.25) is 4.79 Å². The van der Waals surface area contributed by atoms with Gasteiger partial charge in [-0.25, -0.2) is 0 Å². The molecule has 0 radical (unpaired) electrons. The molecule has 0 aromatic carbocycles. The maximum atomic E-state index is 11.8. The van der Waals surface area contributed by atoms with Crippen molar-refractivity contribution in [1.29, 1.82) is 0 Å². The van der Waals surface area contributed by atoms with Crippen molar-refractivity contribution in [3.63, 3.8) is 0 Å². The molecule has 1 fully saturated rings. The van der Waals surface area contributed by atoms with Gasteiger partial charge in [-0.2, -0.15) is 0 Å². The Morgan fingerprint density at radius 3 is 3.13 bits per heavy atom. The van der Waals surface area contributed by atoms with Crippen molar-refractivity contribution in [2.24, 2.45) is 0 Å². The van der Waals surface area contributed by atoms with Gasteiger partial charge in [0, 0.05) is 18.2 Å². The first-order chi connectivity index (χ1) is 7.27. The number of rotatable bonds is 2. The molecule has 0 saturated carbocycles. The van der Waals surface area contributed by atoms with E-state index in [1.54, 1.807) is 12.3 Å². The van der Waals surface area contributed by atoms with Gasteiger partial charge in [0.1, 0.15) is 0 Å². The summed E-state index contributed by atoms with van der Waals surface area (Å²) < 4.78 is 5.14. The molecule has 82 valence electrons. The minimum Gasteiger partial charge on any atom is -0.459 e. The first-order valence-electron chi connectivity index (χ1n) is 5.33. The van der Waals surface area contributed by atoms with Crippen LogP contribution in [0.2, 0.25) is 0 Å². The van der Waals surface area contributed by atoms with Crippen LogP contribution < -0.4 is 10.6 Å². The van der Waals surface area contributed by atoms with E-state index in [0.717, 1.165) is 31.5 Å². The number of hydrogen-bond donors (Lipinski definition) is 2. The fraction of sp³-hybridized carbons (Fsp3) is 0.545. The van der Waals surface area contributed by atoms with Gasteiger partial charge in [0.25, 0.3) is 5.91 Å². The zero-order valence-corrected chi connectivity index (χ0v) is 8.88. The highest BCUT2D eigenvalue weighted by molar-refractivity contribution is 5.92. The van der Waals surface area contributed by atoms with E-state index in [9.17, 15) is 4.79 Å². The normalized spacial score (nSPS) is 21.3. The summed E-state index contributed by atoms with van der Waals surface area (Å²) in [5.74, 6) is 0.326. The SMILES string of the molecule is Cc1ccoc1C(=O)N[C@@H]1CCCNC1. The average molecular weight is 208 g/mol. The van der Waals surface area contributed by atoms with Gasteiger partial charge in [-0.1, -0.05) is 0 Å². The maximum Gasteiger partial charge on any atom is 0.287 e. The van der Waals surface area contributed by atoms with E-state index in [1.165, 1.54) is 0 Å². The minimum absolute atomic E-state index is 0.105. The Labute approximate surface area is 89.0 Å². The Bertz CT molecular complexity index is 340. The van der Waals surface area contributed by atoms with Crippen molar-refractivity contribution in [1.82, 2.24) is 10.6 Å². The van der Waals surface area contributed by atoms with E-state index < -0.39 is 0 Å². The van der Waals surface area contributed by atoms with Gasteiger partial charge in [0.05, 0.1) is 6.26 Å². The van der Waals surface area contributed by atoms with Crippen molar-refractivity contribution in [2.45, 2.75) is 25.8 Å². The summed E-state index contributed by atoms with van der Waals surface area (Å²) in [5.41, 5.74) is 0.885. The van der Waals surface area contributed by atoms with Crippen LogP contribution in [0.4, 0.5) is 0 Å². The topological polar surface area (TPSA) is 54.3 Å². The summed E-state index contributed by atoms with van der Waals surface area (Å²) in [7, 11) is 0. The van der Waals surface area contributed by atoms with E-state index in [2.05, 4.69) is 10.6 Å². The molecule has 1 amide bonds. The van der Waals surface area contributed by atoms with Crippen LogP contribution in [-0.4, -0.2) is 25.0 Å². The Kier molecular flexibility index (Phi) is 3.06. The van der Waals surface area contributed by atoms with Gasteiger partial charge in [-0.15, -0.1) is 0 Å². The number of carbonyl (C=O) groups excluding carboxylic acids is 1. The van der Waals surface area contributed by atoms with Crippen LogP contribution in [0.15, 0.2) is 16.7 Å². The van der Waals surface area contributed by atoms with Gasteiger partial charge >= 0.3 is 0 Å². The van der Waals surface area contributed by atoms with E-state index in [-0.39, 0.29) is 11.9 Å². The first kappa shape index (κ1) is 10.2. The van der Waals surface area contributed by atoms with Crippen molar-refractivity contribution in [3.8, 4) is 0 Å². The largest absolute Gasteiger partial charge is 0.459 e. The smallest absolute Gasteiger partial charge is 0.287 e. The monoisotopic (exact) mass is 208 g/mol. The van der Waals surface area contributed by atoms with Crippen molar-refractivity contribution >= 4 is 5.91 Å². The number of aryl methyl sites for hydroxylation is 1. The number of carbonyl (C=O) groups is 1. The molecule has 0 spiro atoms. The van der Waals surface area contributed by atoms with Gasteiger partial charge in [0.2, 0.25) is 0 Å². The molecule has 2 rings (SSSR count). The van der Waals surface area contributed by atoms with E-state index in [4.69, 9.17) is 4.42 Å². The summed E-state index contributed by atoms with van der Waals surface area (Å²) in [6, 6.07) is 2.03. The lowest BCUT2D eigenvalue weighted by molar-refractivity contribution is 0.0901. The van der Waals surface area contributed by atoms with Crippen LogP contribution in [0.5, 0.6) is 0 Å². The lowest BCUT2D eigenvalue weighted by Gasteiger charge is -2.23. The fourth-order valence-corrected chi connectivity index (χ4v) is 1.83. The fourth-order valence-electron chi connectivity index (χ4n) is 1.83. The van der Waals surface area contributed by atoms with Crippen LogP contribution in [0.25, 0.3) is 0 Å².